The van der Waals surface area contributed by atoms with Gasteiger partial charge in [0.05, 0.1) is 13.2 Å². The van der Waals surface area contributed by atoms with Gasteiger partial charge in [0.1, 0.15) is 17.3 Å². The molecule has 0 aliphatic rings. The molecule has 3 N–H and O–H groups in total. The van der Waals surface area contributed by atoms with Gasteiger partial charge in [-0.1, -0.05) is 30.3 Å². The van der Waals surface area contributed by atoms with Crippen LogP contribution in [0.4, 0.5) is 0 Å². The van der Waals surface area contributed by atoms with Crippen LogP contribution in [0.25, 0.3) is 0 Å². The molecule has 3 rings (SSSR count). The molecule has 0 saturated carbocycles. The molecular formula is C24H24N2O3. The molecule has 0 saturated heterocycles. The van der Waals surface area contributed by atoms with Gasteiger partial charge in [0.15, 0.2) is 5.78 Å². The number of rotatable bonds is 10. The summed E-state index contributed by atoms with van der Waals surface area (Å²) >= 11 is 0. The maximum atomic E-state index is 12.4. The summed E-state index contributed by atoms with van der Waals surface area (Å²) in [6.07, 6.45) is 1.72. The number of carbonyl (C=O) groups excluding carboxylic acids is 1. The molecule has 0 heterocycles. The Bertz CT molecular complexity index is 936. The molecule has 0 atom stereocenters. The molecule has 0 amide bonds. The van der Waals surface area contributed by atoms with E-state index in [1.165, 1.54) is 0 Å². The monoisotopic (exact) mass is 388 g/mol. The molecule has 0 radical (unpaired) electrons. The summed E-state index contributed by atoms with van der Waals surface area (Å²) in [7, 11) is 0. The van der Waals surface area contributed by atoms with E-state index in [9.17, 15) is 4.79 Å². The topological polar surface area (TPSA) is 85.4 Å². The van der Waals surface area contributed by atoms with Gasteiger partial charge in [-0.05, 0) is 61.4 Å². The van der Waals surface area contributed by atoms with Gasteiger partial charge >= 0.3 is 0 Å². The van der Waals surface area contributed by atoms with Crippen LogP contribution < -0.4 is 15.2 Å². The number of hydrogen-bond acceptors (Lipinski definition) is 4. The number of ketones is 1. The zero-order chi connectivity index (χ0) is 20.5. The van der Waals surface area contributed by atoms with E-state index in [4.69, 9.17) is 20.6 Å². The van der Waals surface area contributed by atoms with Crippen molar-refractivity contribution in [3.8, 4) is 11.5 Å². The Morgan fingerprint density at radius 1 is 0.690 bits per heavy atom. The van der Waals surface area contributed by atoms with E-state index in [2.05, 4.69) is 0 Å². The molecule has 5 heteroatoms. The number of nitrogens with two attached hydrogens (primary N) is 1. The molecule has 3 aromatic carbocycles. The van der Waals surface area contributed by atoms with Crippen molar-refractivity contribution < 1.29 is 14.3 Å². The van der Waals surface area contributed by atoms with Crippen molar-refractivity contribution in [1.29, 1.82) is 5.41 Å². The maximum absolute atomic E-state index is 12.4. The first-order valence-corrected chi connectivity index (χ1v) is 9.53. The Hall–Kier alpha value is -3.60. The summed E-state index contributed by atoms with van der Waals surface area (Å²) in [6.45, 7) is 1.17. The normalized spacial score (nSPS) is 10.3. The lowest BCUT2D eigenvalue weighted by Gasteiger charge is -2.09. The molecule has 0 bridgehead atoms. The standard InChI is InChI=1S/C24H24N2O3/c25-24(26)20-10-14-22(15-11-20)29-17-5-4-16-28-21-12-8-19(9-13-21)23(27)18-6-2-1-3-7-18/h1-3,6-15H,4-5,16-17H2,(H3,25,26). The van der Waals surface area contributed by atoms with E-state index >= 15 is 0 Å². The van der Waals surface area contributed by atoms with Gasteiger partial charge in [-0.2, -0.15) is 0 Å². The van der Waals surface area contributed by atoms with Gasteiger partial charge in [0.2, 0.25) is 0 Å². The van der Waals surface area contributed by atoms with E-state index < -0.39 is 0 Å². The van der Waals surface area contributed by atoms with Crippen LogP contribution in [-0.2, 0) is 0 Å². The van der Waals surface area contributed by atoms with E-state index in [1.807, 2.05) is 54.6 Å². The number of carbonyl (C=O) groups is 1. The second-order valence-electron chi connectivity index (χ2n) is 6.56. The molecule has 29 heavy (non-hydrogen) atoms. The number of nitrogen functional groups attached to an aromatic ring is 1. The molecule has 0 aliphatic carbocycles. The highest BCUT2D eigenvalue weighted by Gasteiger charge is 2.08. The summed E-state index contributed by atoms with van der Waals surface area (Å²) in [4.78, 5) is 12.4. The second kappa shape index (κ2) is 10.1. The van der Waals surface area contributed by atoms with Gasteiger partial charge in [0, 0.05) is 16.7 Å². The predicted molar refractivity (Wildman–Crippen MR) is 114 cm³/mol. The Labute approximate surface area is 170 Å². The van der Waals surface area contributed by atoms with Gasteiger partial charge in [-0.15, -0.1) is 0 Å². The SMILES string of the molecule is N=C(N)c1ccc(OCCCCOc2ccc(C(=O)c3ccccc3)cc2)cc1. The number of benzene rings is 3. The summed E-state index contributed by atoms with van der Waals surface area (Å²) < 4.78 is 11.4. The van der Waals surface area contributed by atoms with Crippen molar-refractivity contribution in [1.82, 2.24) is 0 Å². The number of hydrogen-bond donors (Lipinski definition) is 2. The summed E-state index contributed by atoms with van der Waals surface area (Å²) in [5.41, 5.74) is 7.43. The van der Waals surface area contributed by atoms with Crippen molar-refractivity contribution in [3.05, 3.63) is 95.6 Å². The molecule has 0 unspecified atom stereocenters. The van der Waals surface area contributed by atoms with Gasteiger partial charge in [-0.3, -0.25) is 10.2 Å². The average molecular weight is 388 g/mol. The minimum Gasteiger partial charge on any atom is -0.494 e. The molecule has 0 spiro atoms. The van der Waals surface area contributed by atoms with Gasteiger partial charge < -0.3 is 15.2 Å². The van der Waals surface area contributed by atoms with E-state index in [-0.39, 0.29) is 11.6 Å². The number of nitrogens with one attached hydrogen (secondary N) is 1. The first kappa shape index (κ1) is 20.1. The highest BCUT2D eigenvalue weighted by molar-refractivity contribution is 6.08. The molecule has 0 aromatic heterocycles. The number of unbranched alkanes of at least 4 members (excludes halogenated alkanes) is 1. The Kier molecular flexibility index (Phi) is 7.00. The zero-order valence-corrected chi connectivity index (χ0v) is 16.1. The van der Waals surface area contributed by atoms with Crippen molar-refractivity contribution in [2.24, 2.45) is 5.73 Å². The third kappa shape index (κ3) is 5.94. The minimum atomic E-state index is 0.00522. The summed E-state index contributed by atoms with van der Waals surface area (Å²) in [5.74, 6) is 1.56. The average Bonchev–Trinajstić information content (AvgIpc) is 2.77. The fourth-order valence-corrected chi connectivity index (χ4v) is 2.77. The molecular weight excluding hydrogens is 364 g/mol. The predicted octanol–water partition coefficient (Wildman–Crippen LogP) is 4.44. The zero-order valence-electron chi connectivity index (χ0n) is 16.1. The highest BCUT2D eigenvalue weighted by atomic mass is 16.5. The van der Waals surface area contributed by atoms with Crippen LogP contribution in [0, 0.1) is 5.41 Å². The van der Waals surface area contributed by atoms with Crippen molar-refractivity contribution in [3.63, 3.8) is 0 Å². The van der Waals surface area contributed by atoms with Crippen LogP contribution >= 0.6 is 0 Å². The molecule has 148 valence electrons. The maximum Gasteiger partial charge on any atom is 0.193 e. The lowest BCUT2D eigenvalue weighted by molar-refractivity contribution is 0.103. The first-order chi connectivity index (χ1) is 14.1. The van der Waals surface area contributed by atoms with Crippen LogP contribution in [0.3, 0.4) is 0 Å². The summed E-state index contributed by atoms with van der Waals surface area (Å²) in [5, 5.41) is 7.37. The van der Waals surface area contributed by atoms with E-state index in [0.717, 1.165) is 24.3 Å². The minimum absolute atomic E-state index is 0.00522. The quantitative estimate of drug-likeness (QED) is 0.233. The first-order valence-electron chi connectivity index (χ1n) is 9.53. The highest BCUT2D eigenvalue weighted by Crippen LogP contribution is 2.16. The molecule has 0 aliphatic heterocycles. The van der Waals surface area contributed by atoms with Crippen LogP contribution in [0.15, 0.2) is 78.9 Å². The van der Waals surface area contributed by atoms with Crippen LogP contribution in [-0.4, -0.2) is 24.8 Å². The number of amidine groups is 1. The third-order valence-corrected chi connectivity index (χ3v) is 4.39. The second-order valence-corrected chi connectivity index (χ2v) is 6.56. The number of ether oxygens (including phenoxy) is 2. The smallest absolute Gasteiger partial charge is 0.193 e. The van der Waals surface area contributed by atoms with Crippen molar-refractivity contribution >= 4 is 11.6 Å². The van der Waals surface area contributed by atoms with Crippen molar-refractivity contribution in [2.45, 2.75) is 12.8 Å². The third-order valence-electron chi connectivity index (χ3n) is 4.39. The van der Waals surface area contributed by atoms with Crippen LogP contribution in [0.2, 0.25) is 0 Å². The van der Waals surface area contributed by atoms with E-state index in [0.29, 0.717) is 29.9 Å². The Balaban J connectivity index is 1.36. The van der Waals surface area contributed by atoms with Crippen LogP contribution in [0.5, 0.6) is 11.5 Å². The lowest BCUT2D eigenvalue weighted by atomic mass is 10.0. The Morgan fingerprint density at radius 2 is 1.14 bits per heavy atom. The van der Waals surface area contributed by atoms with Gasteiger partial charge in [0.25, 0.3) is 0 Å². The van der Waals surface area contributed by atoms with Crippen molar-refractivity contribution in [2.75, 3.05) is 13.2 Å². The van der Waals surface area contributed by atoms with E-state index in [1.54, 1.807) is 24.3 Å². The van der Waals surface area contributed by atoms with Gasteiger partial charge in [-0.25, -0.2) is 0 Å². The fourth-order valence-electron chi connectivity index (χ4n) is 2.77. The molecule has 3 aromatic rings. The molecule has 0 fully saturated rings. The molecule has 5 nitrogen and oxygen atoms in total. The summed E-state index contributed by atoms with van der Waals surface area (Å²) in [6, 6.07) is 23.6. The largest absolute Gasteiger partial charge is 0.494 e. The fraction of sp³-hybridized carbons (Fsp3) is 0.167. The lowest BCUT2D eigenvalue weighted by Crippen LogP contribution is -2.10. The Morgan fingerprint density at radius 3 is 1.62 bits per heavy atom. The van der Waals surface area contributed by atoms with Crippen LogP contribution in [0.1, 0.15) is 34.3 Å².